The number of aliphatic carboxylic acids is 2. The van der Waals surface area contributed by atoms with E-state index in [-0.39, 0.29) is 12.0 Å². The highest BCUT2D eigenvalue weighted by atomic mass is 16.4. The Labute approximate surface area is 151 Å². The van der Waals surface area contributed by atoms with E-state index in [4.69, 9.17) is 0 Å². The van der Waals surface area contributed by atoms with Crippen LogP contribution in [0.3, 0.4) is 0 Å². The summed E-state index contributed by atoms with van der Waals surface area (Å²) >= 11 is 0. The van der Waals surface area contributed by atoms with Crippen molar-refractivity contribution in [2.45, 2.75) is 31.7 Å². The van der Waals surface area contributed by atoms with Gasteiger partial charge in [0.05, 0.1) is 0 Å². The Morgan fingerprint density at radius 3 is 1.92 bits per heavy atom. The highest BCUT2D eigenvalue weighted by Gasteiger charge is 2.49. The van der Waals surface area contributed by atoms with Crippen molar-refractivity contribution < 1.29 is 24.6 Å². The fraction of sp³-hybridized carbons (Fsp3) is 0.250. The van der Waals surface area contributed by atoms with E-state index in [1.807, 2.05) is 30.3 Å². The number of rotatable bonds is 8. The Morgan fingerprint density at radius 1 is 0.885 bits per heavy atom. The Balaban J connectivity index is 2.34. The second-order valence-corrected chi connectivity index (χ2v) is 6.02. The van der Waals surface area contributed by atoms with E-state index in [0.717, 1.165) is 11.1 Å². The largest absolute Gasteiger partial charge is 0.479 e. The molecule has 0 aliphatic heterocycles. The zero-order valence-electron chi connectivity index (χ0n) is 14.4. The summed E-state index contributed by atoms with van der Waals surface area (Å²) in [5.74, 6) is -3.89. The molecule has 0 bridgehead atoms. The number of amides is 1. The zero-order valence-corrected chi connectivity index (χ0v) is 14.4. The molecule has 0 heterocycles. The number of benzene rings is 2. The van der Waals surface area contributed by atoms with Crippen LogP contribution in [0.1, 0.15) is 36.5 Å². The molecule has 0 aliphatic carbocycles. The minimum atomic E-state index is -2.50. The molecule has 0 saturated carbocycles. The van der Waals surface area contributed by atoms with Crippen LogP contribution in [0.25, 0.3) is 0 Å². The molecule has 2 aromatic rings. The fourth-order valence-electron chi connectivity index (χ4n) is 2.72. The zero-order chi connectivity index (χ0) is 19.2. The van der Waals surface area contributed by atoms with Crippen LogP contribution in [0.5, 0.6) is 0 Å². The summed E-state index contributed by atoms with van der Waals surface area (Å²) in [6.07, 6.45) is 1.17. The molecule has 26 heavy (non-hydrogen) atoms. The molecule has 6 heteroatoms. The van der Waals surface area contributed by atoms with Crippen molar-refractivity contribution in [2.75, 3.05) is 0 Å². The first-order valence-electron chi connectivity index (χ1n) is 8.31. The normalized spacial score (nSPS) is 11.0. The van der Waals surface area contributed by atoms with Gasteiger partial charge in [-0.3, -0.25) is 4.79 Å². The standard InChI is InChI=1S/C20H21NO5/c1-2-6-17(22)21-20(18(23)24,19(25)26)16-11-9-15(10-12-16)13-14-7-4-3-5-8-14/h3-5,7-12H,2,6,13H2,1H3,(H,21,22)(H,23,24)(H,25,26). The molecule has 0 saturated heterocycles. The van der Waals surface area contributed by atoms with E-state index in [9.17, 15) is 24.6 Å². The lowest BCUT2D eigenvalue weighted by molar-refractivity contribution is -0.162. The van der Waals surface area contributed by atoms with Crippen molar-refractivity contribution in [3.63, 3.8) is 0 Å². The van der Waals surface area contributed by atoms with Gasteiger partial charge in [-0.15, -0.1) is 0 Å². The third kappa shape index (κ3) is 4.08. The predicted molar refractivity (Wildman–Crippen MR) is 95.7 cm³/mol. The summed E-state index contributed by atoms with van der Waals surface area (Å²) in [6.45, 7) is 1.75. The van der Waals surface area contributed by atoms with Crippen LogP contribution in [0.15, 0.2) is 54.6 Å². The molecule has 0 unspecified atom stereocenters. The summed E-state index contributed by atoms with van der Waals surface area (Å²) in [4.78, 5) is 35.5. The monoisotopic (exact) mass is 355 g/mol. The van der Waals surface area contributed by atoms with Crippen molar-refractivity contribution in [1.29, 1.82) is 0 Å². The summed E-state index contributed by atoms with van der Waals surface area (Å²) in [6, 6.07) is 15.9. The SMILES string of the molecule is CCCC(=O)NC(C(=O)O)(C(=O)O)c1ccc(Cc2ccccc2)cc1. The number of carbonyl (C=O) groups excluding carboxylic acids is 1. The Morgan fingerprint density at radius 2 is 1.42 bits per heavy atom. The maximum absolute atomic E-state index is 11.9. The molecule has 3 N–H and O–H groups in total. The second-order valence-electron chi connectivity index (χ2n) is 6.02. The van der Waals surface area contributed by atoms with Crippen molar-refractivity contribution in [2.24, 2.45) is 0 Å². The lowest BCUT2D eigenvalue weighted by Gasteiger charge is -2.26. The minimum Gasteiger partial charge on any atom is -0.479 e. The fourth-order valence-corrected chi connectivity index (χ4v) is 2.72. The quantitative estimate of drug-likeness (QED) is 0.632. The number of carboxylic acids is 2. The number of carboxylic acid groups (broad SMARTS) is 2. The van der Waals surface area contributed by atoms with Crippen LogP contribution in [-0.4, -0.2) is 28.1 Å². The summed E-state index contributed by atoms with van der Waals surface area (Å²) in [5, 5.41) is 21.3. The highest BCUT2D eigenvalue weighted by molar-refractivity contribution is 6.07. The molecule has 6 nitrogen and oxygen atoms in total. The van der Waals surface area contributed by atoms with Crippen LogP contribution in [0.4, 0.5) is 0 Å². The van der Waals surface area contributed by atoms with Crippen molar-refractivity contribution >= 4 is 17.8 Å². The van der Waals surface area contributed by atoms with Crippen molar-refractivity contribution in [3.8, 4) is 0 Å². The third-order valence-corrected chi connectivity index (χ3v) is 4.08. The van der Waals surface area contributed by atoms with Gasteiger partial charge in [0.1, 0.15) is 0 Å². The molecule has 0 aromatic heterocycles. The maximum Gasteiger partial charge on any atom is 0.346 e. The van der Waals surface area contributed by atoms with Crippen LogP contribution >= 0.6 is 0 Å². The van der Waals surface area contributed by atoms with Gasteiger partial charge in [-0.2, -0.15) is 0 Å². The first-order valence-corrected chi connectivity index (χ1v) is 8.31. The lowest BCUT2D eigenvalue weighted by atomic mass is 9.88. The summed E-state index contributed by atoms with van der Waals surface area (Å²) in [7, 11) is 0. The van der Waals surface area contributed by atoms with E-state index < -0.39 is 23.4 Å². The third-order valence-electron chi connectivity index (χ3n) is 4.08. The molecule has 2 aromatic carbocycles. The smallest absolute Gasteiger partial charge is 0.346 e. The molecule has 0 aliphatic rings. The van der Waals surface area contributed by atoms with E-state index in [1.54, 1.807) is 19.1 Å². The number of hydrogen-bond donors (Lipinski definition) is 3. The van der Waals surface area contributed by atoms with E-state index >= 15 is 0 Å². The molecule has 0 fully saturated rings. The average Bonchev–Trinajstić information content (AvgIpc) is 2.61. The van der Waals surface area contributed by atoms with Gasteiger partial charge in [0.15, 0.2) is 0 Å². The first-order chi connectivity index (χ1) is 12.4. The topological polar surface area (TPSA) is 104 Å². The van der Waals surface area contributed by atoms with Gasteiger partial charge in [-0.1, -0.05) is 61.5 Å². The van der Waals surface area contributed by atoms with Crippen LogP contribution in [0, 0.1) is 0 Å². The Kier molecular flexibility index (Phi) is 6.11. The van der Waals surface area contributed by atoms with Gasteiger partial charge in [0.2, 0.25) is 5.91 Å². The molecule has 136 valence electrons. The molecular formula is C20H21NO5. The van der Waals surface area contributed by atoms with E-state index in [1.165, 1.54) is 12.1 Å². The van der Waals surface area contributed by atoms with Gasteiger partial charge < -0.3 is 15.5 Å². The maximum atomic E-state index is 11.9. The van der Waals surface area contributed by atoms with Crippen molar-refractivity contribution in [1.82, 2.24) is 5.32 Å². The van der Waals surface area contributed by atoms with Crippen LogP contribution in [0.2, 0.25) is 0 Å². The van der Waals surface area contributed by atoms with Gasteiger partial charge in [0.25, 0.3) is 5.54 Å². The van der Waals surface area contributed by atoms with Gasteiger partial charge in [0, 0.05) is 12.0 Å². The van der Waals surface area contributed by atoms with Gasteiger partial charge in [-0.05, 0) is 24.0 Å². The number of hydrogen-bond acceptors (Lipinski definition) is 3. The average molecular weight is 355 g/mol. The van der Waals surface area contributed by atoms with E-state index in [2.05, 4.69) is 5.32 Å². The Bertz CT molecular complexity index is 770. The highest BCUT2D eigenvalue weighted by Crippen LogP contribution is 2.24. The van der Waals surface area contributed by atoms with Crippen LogP contribution in [-0.2, 0) is 26.3 Å². The molecule has 0 atom stereocenters. The lowest BCUT2D eigenvalue weighted by Crippen LogP contribution is -2.57. The number of nitrogens with one attached hydrogen (secondary N) is 1. The van der Waals surface area contributed by atoms with Crippen LogP contribution < -0.4 is 5.32 Å². The van der Waals surface area contributed by atoms with E-state index in [0.29, 0.717) is 12.8 Å². The first kappa shape index (κ1) is 19.2. The second kappa shape index (κ2) is 8.29. The molecular weight excluding hydrogens is 334 g/mol. The minimum absolute atomic E-state index is 0.00114. The molecule has 1 amide bonds. The molecule has 0 radical (unpaired) electrons. The van der Waals surface area contributed by atoms with Gasteiger partial charge >= 0.3 is 11.9 Å². The van der Waals surface area contributed by atoms with Gasteiger partial charge in [-0.25, -0.2) is 9.59 Å². The number of carbonyl (C=O) groups is 3. The van der Waals surface area contributed by atoms with Crippen molar-refractivity contribution in [3.05, 3.63) is 71.3 Å². The summed E-state index contributed by atoms with van der Waals surface area (Å²) in [5.41, 5.74) is -0.514. The molecule has 0 spiro atoms. The predicted octanol–water partition coefficient (Wildman–Crippen LogP) is 2.56. The summed E-state index contributed by atoms with van der Waals surface area (Å²) < 4.78 is 0. The Hall–Kier alpha value is -3.15. The molecule has 2 rings (SSSR count).